The van der Waals surface area contributed by atoms with Crippen molar-refractivity contribution in [2.45, 2.75) is 25.3 Å². The van der Waals surface area contributed by atoms with Crippen LogP contribution in [-0.2, 0) is 0 Å². The van der Waals surface area contributed by atoms with E-state index in [1.807, 2.05) is 30.3 Å². The first kappa shape index (κ1) is 13.7. The summed E-state index contributed by atoms with van der Waals surface area (Å²) in [6, 6.07) is 9.80. The van der Waals surface area contributed by atoms with Crippen LogP contribution in [-0.4, -0.2) is 41.7 Å². The molecule has 0 aliphatic carbocycles. The van der Waals surface area contributed by atoms with E-state index >= 15 is 0 Å². The molecule has 1 aliphatic heterocycles. The molecule has 1 unspecified atom stereocenters. The number of oxime groups is 1. The van der Waals surface area contributed by atoms with Crippen LogP contribution in [0.2, 0.25) is 0 Å². The third-order valence-electron chi connectivity index (χ3n) is 3.46. The monoisotopic (exact) mass is 263 g/mol. The highest BCUT2D eigenvalue weighted by atomic mass is 16.5. The highest BCUT2D eigenvalue weighted by molar-refractivity contribution is 5.85. The van der Waals surface area contributed by atoms with Crippen LogP contribution in [0.3, 0.4) is 0 Å². The molecule has 1 aromatic carbocycles. The van der Waals surface area contributed by atoms with Gasteiger partial charge in [-0.05, 0) is 31.5 Å². The van der Waals surface area contributed by atoms with Crippen LogP contribution >= 0.6 is 0 Å². The molecule has 0 aromatic heterocycles. The molecule has 3 N–H and O–H groups in total. The third-order valence-corrected chi connectivity index (χ3v) is 3.46. The van der Waals surface area contributed by atoms with Crippen LogP contribution in [0, 0.1) is 0 Å². The van der Waals surface area contributed by atoms with Gasteiger partial charge in [0.05, 0.1) is 6.04 Å². The summed E-state index contributed by atoms with van der Waals surface area (Å²) < 4.78 is 5.69. The quantitative estimate of drug-likeness (QED) is 0.367. The van der Waals surface area contributed by atoms with Gasteiger partial charge in [-0.2, -0.15) is 0 Å². The molecule has 0 amide bonds. The van der Waals surface area contributed by atoms with E-state index in [0.29, 0.717) is 12.4 Å². The number of hydrogen-bond donors (Lipinski definition) is 2. The van der Waals surface area contributed by atoms with Gasteiger partial charge in [0.1, 0.15) is 12.4 Å². The average Bonchev–Trinajstić information content (AvgIpc) is 2.48. The maximum atomic E-state index is 8.81. The van der Waals surface area contributed by atoms with Gasteiger partial charge in [-0.1, -0.05) is 29.8 Å². The highest BCUT2D eigenvalue weighted by Gasteiger charge is 2.25. The summed E-state index contributed by atoms with van der Waals surface area (Å²) >= 11 is 0. The van der Waals surface area contributed by atoms with Gasteiger partial charge in [0.15, 0.2) is 5.84 Å². The van der Waals surface area contributed by atoms with Gasteiger partial charge < -0.3 is 15.7 Å². The van der Waals surface area contributed by atoms with Crippen LogP contribution in [0.4, 0.5) is 0 Å². The zero-order chi connectivity index (χ0) is 13.5. The fourth-order valence-electron chi connectivity index (χ4n) is 2.46. The number of ether oxygens (including phenoxy) is 1. The molecule has 5 nitrogen and oxygen atoms in total. The minimum Gasteiger partial charge on any atom is -0.492 e. The Labute approximate surface area is 113 Å². The van der Waals surface area contributed by atoms with E-state index in [9.17, 15) is 0 Å². The first-order valence-electron chi connectivity index (χ1n) is 6.70. The van der Waals surface area contributed by atoms with Gasteiger partial charge in [0.25, 0.3) is 0 Å². The second-order valence-electron chi connectivity index (χ2n) is 4.73. The zero-order valence-corrected chi connectivity index (χ0v) is 11.0. The van der Waals surface area contributed by atoms with Crippen molar-refractivity contribution < 1.29 is 9.94 Å². The van der Waals surface area contributed by atoms with Gasteiger partial charge in [0.2, 0.25) is 0 Å². The van der Waals surface area contributed by atoms with E-state index in [1.54, 1.807) is 0 Å². The predicted molar refractivity (Wildman–Crippen MR) is 74.6 cm³/mol. The summed E-state index contributed by atoms with van der Waals surface area (Å²) in [5.41, 5.74) is 5.74. The normalized spacial score (nSPS) is 21.3. The molecule has 1 aliphatic rings. The van der Waals surface area contributed by atoms with Crippen molar-refractivity contribution in [1.29, 1.82) is 0 Å². The van der Waals surface area contributed by atoms with Gasteiger partial charge in [-0.25, -0.2) is 0 Å². The molecule has 5 heteroatoms. The van der Waals surface area contributed by atoms with E-state index in [1.165, 1.54) is 0 Å². The maximum Gasteiger partial charge on any atom is 0.156 e. The predicted octanol–water partition coefficient (Wildman–Crippen LogP) is 1.67. The van der Waals surface area contributed by atoms with E-state index in [2.05, 4.69) is 10.1 Å². The molecular formula is C14H21N3O2. The van der Waals surface area contributed by atoms with E-state index in [-0.39, 0.29) is 6.04 Å². The Morgan fingerprint density at radius 3 is 2.89 bits per heavy atom. The molecule has 1 saturated heterocycles. The van der Waals surface area contributed by atoms with Gasteiger partial charge in [-0.15, -0.1) is 0 Å². The number of benzene rings is 1. The van der Waals surface area contributed by atoms with Crippen molar-refractivity contribution in [2.75, 3.05) is 19.7 Å². The second kappa shape index (κ2) is 6.99. The summed E-state index contributed by atoms with van der Waals surface area (Å²) in [6.45, 7) is 2.37. The molecule has 2 rings (SSSR count). The number of para-hydroxylation sites is 1. The van der Waals surface area contributed by atoms with Crippen molar-refractivity contribution in [3.8, 4) is 5.75 Å². The topological polar surface area (TPSA) is 71.1 Å². The molecule has 104 valence electrons. The number of amidine groups is 1. The smallest absolute Gasteiger partial charge is 0.156 e. The third kappa shape index (κ3) is 3.86. The molecule has 1 atom stereocenters. The lowest BCUT2D eigenvalue weighted by Gasteiger charge is -2.34. The van der Waals surface area contributed by atoms with Crippen LogP contribution < -0.4 is 10.5 Å². The van der Waals surface area contributed by atoms with Gasteiger partial charge in [-0.3, -0.25) is 4.90 Å². The summed E-state index contributed by atoms with van der Waals surface area (Å²) in [4.78, 5) is 2.22. The number of piperidine rings is 1. The number of nitrogens with two attached hydrogens (primary N) is 1. The van der Waals surface area contributed by atoms with Crippen molar-refractivity contribution in [3.05, 3.63) is 30.3 Å². The molecule has 1 fully saturated rings. The Kier molecular flexibility index (Phi) is 5.03. The SMILES string of the molecule is NC(=NO)C1CCCCN1CCOc1ccccc1. The van der Waals surface area contributed by atoms with Gasteiger partial charge >= 0.3 is 0 Å². The molecule has 0 saturated carbocycles. The summed E-state index contributed by atoms with van der Waals surface area (Å²) in [5, 5.41) is 12.0. The van der Waals surface area contributed by atoms with E-state index in [4.69, 9.17) is 15.7 Å². The van der Waals surface area contributed by atoms with Crippen molar-refractivity contribution in [1.82, 2.24) is 4.90 Å². The van der Waals surface area contributed by atoms with E-state index < -0.39 is 0 Å². The largest absolute Gasteiger partial charge is 0.492 e. The average molecular weight is 263 g/mol. The Balaban J connectivity index is 1.83. The molecule has 0 spiro atoms. The Morgan fingerprint density at radius 1 is 1.37 bits per heavy atom. The Morgan fingerprint density at radius 2 is 2.16 bits per heavy atom. The molecule has 1 aromatic rings. The zero-order valence-electron chi connectivity index (χ0n) is 11.0. The fourth-order valence-corrected chi connectivity index (χ4v) is 2.46. The number of rotatable bonds is 5. The highest BCUT2D eigenvalue weighted by Crippen LogP contribution is 2.17. The minimum absolute atomic E-state index is 0.0399. The lowest BCUT2D eigenvalue weighted by atomic mass is 10.0. The minimum atomic E-state index is 0.0399. The van der Waals surface area contributed by atoms with Crippen molar-refractivity contribution in [3.63, 3.8) is 0 Å². The van der Waals surface area contributed by atoms with Gasteiger partial charge in [0, 0.05) is 6.54 Å². The Bertz CT molecular complexity index is 408. The lowest BCUT2D eigenvalue weighted by Crippen LogP contribution is -2.49. The first-order valence-corrected chi connectivity index (χ1v) is 6.70. The van der Waals surface area contributed by atoms with Crippen molar-refractivity contribution >= 4 is 5.84 Å². The van der Waals surface area contributed by atoms with Crippen LogP contribution in [0.5, 0.6) is 5.75 Å². The number of likely N-dealkylation sites (tertiary alicyclic amines) is 1. The molecule has 1 heterocycles. The standard InChI is InChI=1S/C14H21N3O2/c15-14(16-18)13-8-4-5-9-17(13)10-11-19-12-6-2-1-3-7-12/h1-3,6-7,13,18H,4-5,8-11H2,(H2,15,16). The van der Waals surface area contributed by atoms with Crippen LogP contribution in [0.1, 0.15) is 19.3 Å². The molecular weight excluding hydrogens is 242 g/mol. The lowest BCUT2D eigenvalue weighted by molar-refractivity contribution is 0.153. The van der Waals surface area contributed by atoms with Crippen LogP contribution in [0.15, 0.2) is 35.5 Å². The first-order chi connectivity index (χ1) is 9.31. The maximum absolute atomic E-state index is 8.81. The van der Waals surface area contributed by atoms with E-state index in [0.717, 1.165) is 38.1 Å². The summed E-state index contributed by atoms with van der Waals surface area (Å²) in [5.74, 6) is 1.18. The number of nitrogens with zero attached hydrogens (tertiary/aromatic N) is 2. The summed E-state index contributed by atoms with van der Waals surface area (Å²) in [6.07, 6.45) is 3.22. The van der Waals surface area contributed by atoms with Crippen molar-refractivity contribution in [2.24, 2.45) is 10.9 Å². The fraction of sp³-hybridized carbons (Fsp3) is 0.500. The van der Waals surface area contributed by atoms with Crippen LogP contribution in [0.25, 0.3) is 0 Å². The summed E-state index contributed by atoms with van der Waals surface area (Å²) in [7, 11) is 0. The molecule has 0 bridgehead atoms. The Hall–Kier alpha value is -1.75. The second-order valence-corrected chi connectivity index (χ2v) is 4.73. The molecule has 0 radical (unpaired) electrons. The number of hydrogen-bond acceptors (Lipinski definition) is 4. The molecule has 19 heavy (non-hydrogen) atoms.